The maximum absolute atomic E-state index is 14.3. The van der Waals surface area contributed by atoms with Crippen molar-refractivity contribution < 1.29 is 40.3 Å². The topological polar surface area (TPSA) is 50.4 Å². The second-order valence-electron chi connectivity index (χ2n) is 8.35. The molecule has 11 heteroatoms. The maximum Gasteiger partial charge on any atom is 0.419 e. The minimum Gasteiger partial charge on any atom is -0.374 e. The van der Waals surface area contributed by atoms with E-state index in [-0.39, 0.29) is 6.42 Å². The van der Waals surface area contributed by atoms with Crippen molar-refractivity contribution in [3.8, 4) is 0 Å². The summed E-state index contributed by atoms with van der Waals surface area (Å²) in [4.78, 5) is 13.0. The van der Waals surface area contributed by atoms with E-state index in [2.05, 4.69) is 10.6 Å². The molecule has 0 radical (unpaired) electrons. The molecule has 2 bridgehead atoms. The molecule has 3 fully saturated rings. The van der Waals surface area contributed by atoms with Gasteiger partial charge in [0.2, 0.25) is 5.91 Å². The minimum absolute atomic E-state index is 0.0615. The molecule has 0 aromatic heterocycles. The number of amides is 1. The first kappa shape index (κ1) is 22.3. The van der Waals surface area contributed by atoms with Gasteiger partial charge in [-0.1, -0.05) is 6.07 Å². The fourth-order valence-electron chi connectivity index (χ4n) is 5.16. The number of hydrogen-bond donors (Lipinski definition) is 2. The van der Waals surface area contributed by atoms with Crippen LogP contribution in [0.3, 0.4) is 0 Å². The van der Waals surface area contributed by atoms with E-state index in [1.807, 2.05) is 0 Å². The lowest BCUT2D eigenvalue weighted by Gasteiger charge is -2.40. The van der Waals surface area contributed by atoms with Crippen LogP contribution in [0.2, 0.25) is 0 Å². The number of alkyl halides is 6. The van der Waals surface area contributed by atoms with Crippen molar-refractivity contribution in [3.63, 3.8) is 0 Å². The zero-order chi connectivity index (χ0) is 22.6. The summed E-state index contributed by atoms with van der Waals surface area (Å²) in [6, 6.07) is 0.252. The molecule has 0 aliphatic carbocycles. The van der Waals surface area contributed by atoms with Gasteiger partial charge in [-0.15, -0.1) is 0 Å². The Bertz CT molecular complexity index is 842. The minimum atomic E-state index is -4.93. The number of carbonyl (C=O) groups excluding carboxylic acids is 1. The number of halogens is 7. The first-order valence-corrected chi connectivity index (χ1v) is 10.1. The van der Waals surface area contributed by atoms with Crippen LogP contribution >= 0.6 is 0 Å². The summed E-state index contributed by atoms with van der Waals surface area (Å²) in [5.74, 6) is -3.79. The van der Waals surface area contributed by atoms with Crippen molar-refractivity contribution in [2.75, 3.05) is 5.32 Å². The normalized spacial score (nSPS) is 33.5. The van der Waals surface area contributed by atoms with Crippen LogP contribution in [-0.2, 0) is 15.7 Å². The van der Waals surface area contributed by atoms with Gasteiger partial charge in [-0.3, -0.25) is 4.79 Å². The van der Waals surface area contributed by atoms with Crippen LogP contribution in [0.1, 0.15) is 37.7 Å². The molecule has 2 N–H and O–H groups in total. The molecule has 4 nitrogen and oxygen atoms in total. The number of hydrogen-bond acceptors (Lipinski definition) is 3. The maximum atomic E-state index is 14.3. The molecule has 3 heterocycles. The molecule has 1 aromatic carbocycles. The largest absolute Gasteiger partial charge is 0.419 e. The van der Waals surface area contributed by atoms with Crippen molar-refractivity contribution in [1.29, 1.82) is 0 Å². The predicted molar refractivity (Wildman–Crippen MR) is 95.5 cm³/mol. The monoisotopic (exact) mass is 454 g/mol. The van der Waals surface area contributed by atoms with Crippen LogP contribution in [0.25, 0.3) is 0 Å². The summed E-state index contributed by atoms with van der Waals surface area (Å²) >= 11 is 0. The van der Waals surface area contributed by atoms with Crippen LogP contribution in [0, 0.1) is 17.7 Å². The van der Waals surface area contributed by atoms with Crippen LogP contribution in [0.5, 0.6) is 0 Å². The van der Waals surface area contributed by atoms with E-state index in [9.17, 15) is 35.5 Å². The highest BCUT2D eigenvalue weighted by Gasteiger charge is 2.56. The van der Waals surface area contributed by atoms with Crippen molar-refractivity contribution in [2.45, 2.75) is 68.7 Å². The molecule has 1 amide bonds. The van der Waals surface area contributed by atoms with Gasteiger partial charge in [0.15, 0.2) is 5.82 Å². The molecule has 31 heavy (non-hydrogen) atoms. The van der Waals surface area contributed by atoms with Gasteiger partial charge >= 0.3 is 12.4 Å². The Morgan fingerprint density at radius 3 is 2.42 bits per heavy atom. The third-order valence-electron chi connectivity index (χ3n) is 6.48. The molecular weight excluding hydrogens is 433 g/mol. The van der Waals surface area contributed by atoms with E-state index in [1.165, 1.54) is 0 Å². The molecule has 172 valence electrons. The third kappa shape index (κ3) is 4.26. The van der Waals surface area contributed by atoms with Gasteiger partial charge in [0.1, 0.15) is 6.04 Å². The number of anilines is 1. The first-order chi connectivity index (χ1) is 14.5. The van der Waals surface area contributed by atoms with Crippen LogP contribution in [0.15, 0.2) is 18.2 Å². The number of fused-ring (bicyclic) bond motifs is 2. The van der Waals surface area contributed by atoms with E-state index in [1.54, 1.807) is 0 Å². The van der Waals surface area contributed by atoms with Gasteiger partial charge in [-0.2, -0.15) is 26.3 Å². The first-order valence-electron chi connectivity index (χ1n) is 10.1. The molecule has 0 spiro atoms. The Balaban J connectivity index is 1.55. The van der Waals surface area contributed by atoms with Crippen molar-refractivity contribution >= 4 is 11.6 Å². The SMILES string of the molecule is O=C(Nc1cccc(C(F)(F)F)c1F)[C@@H]1[C@H]([C@H]2CCCC(C(F)(F)F)N2)[C@@H]2CC[C@H]1O2. The molecular formula is C20H21F7N2O2. The highest BCUT2D eigenvalue weighted by molar-refractivity contribution is 5.93. The average molecular weight is 454 g/mol. The van der Waals surface area contributed by atoms with Crippen molar-refractivity contribution in [1.82, 2.24) is 5.32 Å². The van der Waals surface area contributed by atoms with Gasteiger partial charge in [0, 0.05) is 12.0 Å². The highest BCUT2D eigenvalue weighted by Crippen LogP contribution is 2.47. The van der Waals surface area contributed by atoms with E-state index in [0.717, 1.165) is 12.1 Å². The van der Waals surface area contributed by atoms with Gasteiger partial charge in [0.05, 0.1) is 29.4 Å². The highest BCUT2D eigenvalue weighted by atomic mass is 19.4. The van der Waals surface area contributed by atoms with Crippen LogP contribution in [0.4, 0.5) is 36.4 Å². The molecule has 6 atom stereocenters. The predicted octanol–water partition coefficient (Wildman–Crippen LogP) is 4.65. The van der Waals surface area contributed by atoms with Gasteiger partial charge < -0.3 is 15.4 Å². The Hall–Kier alpha value is -1.88. The van der Waals surface area contributed by atoms with E-state index in [0.29, 0.717) is 31.7 Å². The standard InChI is InChI=1S/C20H21F7N2O2/c21-17-9(19(22,23)24)3-1-5-11(17)29-18(30)16-13-8-7-12(31-13)15(16)10-4-2-6-14(28-10)20(25,26)27/h1,3,5,10,12-16,28H,2,4,6-8H2,(H,29,30)/t10-,12+,13-,14?,15-,16+/m1/s1. The smallest absolute Gasteiger partial charge is 0.374 e. The molecule has 1 aromatic rings. The fraction of sp³-hybridized carbons (Fsp3) is 0.650. The average Bonchev–Trinajstić information content (AvgIpc) is 3.29. The van der Waals surface area contributed by atoms with Crippen LogP contribution in [-0.4, -0.2) is 36.4 Å². The Labute approximate surface area is 173 Å². The lowest BCUT2D eigenvalue weighted by atomic mass is 9.72. The number of ether oxygens (including phenoxy) is 1. The number of rotatable bonds is 3. The summed E-state index contributed by atoms with van der Waals surface area (Å²) in [6.45, 7) is 0. The van der Waals surface area contributed by atoms with Crippen molar-refractivity contribution in [2.24, 2.45) is 11.8 Å². The summed E-state index contributed by atoms with van der Waals surface area (Å²) in [5.41, 5.74) is -2.13. The number of piperidine rings is 1. The van der Waals surface area contributed by atoms with E-state index < -0.39 is 71.5 Å². The quantitative estimate of drug-likeness (QED) is 0.654. The molecule has 3 saturated heterocycles. The van der Waals surface area contributed by atoms with Crippen molar-refractivity contribution in [3.05, 3.63) is 29.6 Å². The third-order valence-corrected chi connectivity index (χ3v) is 6.48. The Morgan fingerprint density at radius 1 is 1.03 bits per heavy atom. The molecule has 0 saturated carbocycles. The van der Waals surface area contributed by atoms with Gasteiger partial charge in [0.25, 0.3) is 0 Å². The summed E-state index contributed by atoms with van der Waals surface area (Å²) in [5, 5.41) is 4.82. The van der Waals surface area contributed by atoms with E-state index in [4.69, 9.17) is 4.74 Å². The summed E-state index contributed by atoms with van der Waals surface area (Å²) < 4.78 is 98.6. The molecule has 3 aliphatic rings. The lowest BCUT2D eigenvalue weighted by molar-refractivity contribution is -0.165. The Morgan fingerprint density at radius 2 is 1.74 bits per heavy atom. The Kier molecular flexibility index (Phi) is 5.70. The molecule has 1 unspecified atom stereocenters. The zero-order valence-electron chi connectivity index (χ0n) is 16.2. The second kappa shape index (κ2) is 7.91. The van der Waals surface area contributed by atoms with Gasteiger partial charge in [-0.25, -0.2) is 4.39 Å². The summed E-state index contributed by atoms with van der Waals surface area (Å²) in [6.07, 6.45) is -8.54. The molecule has 3 aliphatic heterocycles. The van der Waals surface area contributed by atoms with Crippen LogP contribution < -0.4 is 10.6 Å². The number of nitrogens with one attached hydrogen (secondary N) is 2. The fourth-order valence-corrected chi connectivity index (χ4v) is 5.16. The number of carbonyl (C=O) groups is 1. The van der Waals surface area contributed by atoms with E-state index >= 15 is 0 Å². The molecule has 4 rings (SSSR count). The van der Waals surface area contributed by atoms with Gasteiger partial charge in [-0.05, 0) is 44.2 Å². The lowest BCUT2D eigenvalue weighted by Crippen LogP contribution is -2.56. The second-order valence-corrected chi connectivity index (χ2v) is 8.35. The number of benzene rings is 1. The summed E-state index contributed by atoms with van der Waals surface area (Å²) in [7, 11) is 0. The zero-order valence-corrected chi connectivity index (χ0v) is 16.2.